The van der Waals surface area contributed by atoms with Gasteiger partial charge in [0.15, 0.2) is 0 Å². The molecule has 0 aromatic heterocycles. The Morgan fingerprint density at radius 3 is 0.767 bits per heavy atom. The molecule has 0 fully saturated rings. The summed E-state index contributed by atoms with van der Waals surface area (Å²) < 4.78 is 0. The topological polar surface area (TPSA) is 20.2 Å². The van der Waals surface area contributed by atoms with Crippen molar-refractivity contribution in [3.05, 3.63) is 0 Å². The minimum atomic E-state index is -0.0310. The highest BCUT2D eigenvalue weighted by atomic mass is 16.3. The molecule has 0 aliphatic rings. The second kappa shape index (κ2) is 27.0. The molecule has 182 valence electrons. The third kappa shape index (κ3) is 26.0. The Morgan fingerprint density at radius 1 is 0.333 bits per heavy atom. The van der Waals surface area contributed by atoms with Crippen LogP contribution in [-0.2, 0) is 0 Å². The second-order valence-corrected chi connectivity index (χ2v) is 10.0. The Hall–Kier alpha value is -0.0400. The van der Waals surface area contributed by atoms with E-state index in [4.69, 9.17) is 0 Å². The lowest BCUT2D eigenvalue weighted by Gasteiger charge is -2.10. The highest BCUT2D eigenvalue weighted by molar-refractivity contribution is 4.58. The molecular weight excluding hydrogens is 364 g/mol. The van der Waals surface area contributed by atoms with Gasteiger partial charge in [-0.05, 0) is 12.8 Å². The molecular formula is C29H60O. The van der Waals surface area contributed by atoms with E-state index in [1.807, 2.05) is 0 Å². The normalized spacial score (nSPS) is 12.5. The number of aliphatic hydroxyl groups is 1. The van der Waals surface area contributed by atoms with E-state index in [1.54, 1.807) is 0 Å². The van der Waals surface area contributed by atoms with Crippen LogP contribution < -0.4 is 0 Å². The van der Waals surface area contributed by atoms with Gasteiger partial charge in [-0.3, -0.25) is 0 Å². The molecule has 1 atom stereocenters. The molecule has 0 radical (unpaired) electrons. The first-order valence-corrected chi connectivity index (χ1v) is 14.5. The first-order chi connectivity index (χ1) is 14.8. The fourth-order valence-corrected chi connectivity index (χ4v) is 4.59. The fourth-order valence-electron chi connectivity index (χ4n) is 4.59. The molecule has 0 aromatic rings. The molecule has 0 saturated heterocycles. The standard InChI is InChI=1S/C29H60O/c1-3-5-7-9-11-13-14-15-16-17-18-20-22-24-26-28-29(30)27-25-23-21-19-12-10-8-6-4-2/h29-30H,3-28H2,1-2H3. The van der Waals surface area contributed by atoms with Crippen molar-refractivity contribution < 1.29 is 5.11 Å². The lowest BCUT2D eigenvalue weighted by molar-refractivity contribution is 0.147. The molecule has 0 amide bonds. The van der Waals surface area contributed by atoms with Gasteiger partial charge in [-0.1, -0.05) is 168 Å². The van der Waals surface area contributed by atoms with Gasteiger partial charge in [0.25, 0.3) is 0 Å². The van der Waals surface area contributed by atoms with Crippen molar-refractivity contribution in [1.82, 2.24) is 0 Å². The lowest BCUT2D eigenvalue weighted by atomic mass is 10.0. The summed E-state index contributed by atoms with van der Waals surface area (Å²) in [4.78, 5) is 0. The van der Waals surface area contributed by atoms with Crippen LogP contribution in [0.4, 0.5) is 0 Å². The van der Waals surface area contributed by atoms with Gasteiger partial charge in [0, 0.05) is 0 Å². The van der Waals surface area contributed by atoms with Gasteiger partial charge in [-0.25, -0.2) is 0 Å². The zero-order valence-electron chi connectivity index (χ0n) is 21.4. The quantitative estimate of drug-likeness (QED) is 0.137. The first kappa shape index (κ1) is 30.0. The molecule has 0 rings (SSSR count). The average molecular weight is 425 g/mol. The molecule has 0 heterocycles. The maximum Gasteiger partial charge on any atom is 0.0540 e. The van der Waals surface area contributed by atoms with Gasteiger partial charge < -0.3 is 5.11 Å². The van der Waals surface area contributed by atoms with E-state index in [0.717, 1.165) is 12.8 Å². The lowest BCUT2D eigenvalue weighted by Crippen LogP contribution is -2.05. The van der Waals surface area contributed by atoms with Gasteiger partial charge >= 0.3 is 0 Å². The second-order valence-electron chi connectivity index (χ2n) is 10.0. The van der Waals surface area contributed by atoms with Crippen molar-refractivity contribution in [1.29, 1.82) is 0 Å². The van der Waals surface area contributed by atoms with Crippen LogP contribution in [0.3, 0.4) is 0 Å². The molecule has 30 heavy (non-hydrogen) atoms. The zero-order chi connectivity index (χ0) is 22.0. The summed E-state index contributed by atoms with van der Waals surface area (Å²) in [5, 5.41) is 10.2. The molecule has 1 unspecified atom stereocenters. The summed E-state index contributed by atoms with van der Waals surface area (Å²) in [6.07, 6.45) is 35.6. The third-order valence-electron chi connectivity index (χ3n) is 6.78. The van der Waals surface area contributed by atoms with Gasteiger partial charge in [0.1, 0.15) is 0 Å². The monoisotopic (exact) mass is 424 g/mol. The van der Waals surface area contributed by atoms with Crippen LogP contribution >= 0.6 is 0 Å². The SMILES string of the molecule is CCCCCCCCCCCCCCCCCC(O)CCCCCCCCCCC. The Kier molecular flexibility index (Phi) is 27.0. The van der Waals surface area contributed by atoms with E-state index in [9.17, 15) is 5.11 Å². The summed E-state index contributed by atoms with van der Waals surface area (Å²) in [6, 6.07) is 0. The summed E-state index contributed by atoms with van der Waals surface area (Å²) in [5.41, 5.74) is 0. The van der Waals surface area contributed by atoms with Gasteiger partial charge in [0.2, 0.25) is 0 Å². The van der Waals surface area contributed by atoms with Crippen LogP contribution in [0.2, 0.25) is 0 Å². The largest absolute Gasteiger partial charge is 0.393 e. The number of hydrogen-bond acceptors (Lipinski definition) is 1. The van der Waals surface area contributed by atoms with Crippen molar-refractivity contribution >= 4 is 0 Å². The summed E-state index contributed by atoms with van der Waals surface area (Å²) in [5.74, 6) is 0. The Labute approximate surface area is 192 Å². The number of hydrogen-bond donors (Lipinski definition) is 1. The summed E-state index contributed by atoms with van der Waals surface area (Å²) >= 11 is 0. The molecule has 0 aromatic carbocycles. The number of aliphatic hydroxyl groups excluding tert-OH is 1. The smallest absolute Gasteiger partial charge is 0.0540 e. The van der Waals surface area contributed by atoms with Crippen molar-refractivity contribution in [3.63, 3.8) is 0 Å². The number of rotatable bonds is 26. The van der Waals surface area contributed by atoms with Crippen LogP contribution in [0, 0.1) is 0 Å². The molecule has 0 spiro atoms. The molecule has 1 N–H and O–H groups in total. The van der Waals surface area contributed by atoms with E-state index in [2.05, 4.69) is 13.8 Å². The first-order valence-electron chi connectivity index (χ1n) is 14.5. The molecule has 1 nitrogen and oxygen atoms in total. The minimum Gasteiger partial charge on any atom is -0.393 e. The molecule has 0 aliphatic carbocycles. The predicted molar refractivity (Wildman–Crippen MR) is 137 cm³/mol. The Morgan fingerprint density at radius 2 is 0.533 bits per heavy atom. The van der Waals surface area contributed by atoms with Crippen LogP contribution in [-0.4, -0.2) is 11.2 Å². The van der Waals surface area contributed by atoms with Crippen molar-refractivity contribution in [2.24, 2.45) is 0 Å². The average Bonchev–Trinajstić information content (AvgIpc) is 2.75. The fraction of sp³-hybridized carbons (Fsp3) is 1.00. The molecule has 0 aliphatic heterocycles. The van der Waals surface area contributed by atoms with Crippen LogP contribution in [0.1, 0.15) is 181 Å². The maximum atomic E-state index is 10.2. The Bertz CT molecular complexity index is 288. The molecule has 1 heteroatoms. The van der Waals surface area contributed by atoms with E-state index in [0.29, 0.717) is 0 Å². The predicted octanol–water partition coefficient (Wildman–Crippen LogP) is 10.5. The molecule has 0 saturated carbocycles. The van der Waals surface area contributed by atoms with E-state index in [1.165, 1.54) is 154 Å². The van der Waals surface area contributed by atoms with Crippen molar-refractivity contribution in [3.8, 4) is 0 Å². The van der Waals surface area contributed by atoms with Crippen molar-refractivity contribution in [2.75, 3.05) is 0 Å². The highest BCUT2D eigenvalue weighted by Crippen LogP contribution is 2.16. The number of unbranched alkanes of at least 4 members (excludes halogenated alkanes) is 22. The van der Waals surface area contributed by atoms with Crippen LogP contribution in [0.5, 0.6) is 0 Å². The Balaban J connectivity index is 3.12. The van der Waals surface area contributed by atoms with Crippen LogP contribution in [0.15, 0.2) is 0 Å². The van der Waals surface area contributed by atoms with E-state index >= 15 is 0 Å². The van der Waals surface area contributed by atoms with Gasteiger partial charge in [-0.15, -0.1) is 0 Å². The van der Waals surface area contributed by atoms with Crippen molar-refractivity contribution in [2.45, 2.75) is 187 Å². The summed E-state index contributed by atoms with van der Waals surface area (Å²) in [7, 11) is 0. The minimum absolute atomic E-state index is 0.0310. The van der Waals surface area contributed by atoms with E-state index in [-0.39, 0.29) is 6.10 Å². The summed E-state index contributed by atoms with van der Waals surface area (Å²) in [6.45, 7) is 4.58. The highest BCUT2D eigenvalue weighted by Gasteiger charge is 2.03. The zero-order valence-corrected chi connectivity index (χ0v) is 21.4. The maximum absolute atomic E-state index is 10.2. The van der Waals surface area contributed by atoms with Crippen LogP contribution in [0.25, 0.3) is 0 Å². The third-order valence-corrected chi connectivity index (χ3v) is 6.78. The molecule has 0 bridgehead atoms. The van der Waals surface area contributed by atoms with E-state index < -0.39 is 0 Å². The van der Waals surface area contributed by atoms with Gasteiger partial charge in [-0.2, -0.15) is 0 Å². The van der Waals surface area contributed by atoms with Gasteiger partial charge in [0.05, 0.1) is 6.10 Å².